The Morgan fingerprint density at radius 2 is 2.00 bits per heavy atom. The molecular formula is C22H20N6O. The number of carbonyl (C=O) groups is 1. The second kappa shape index (κ2) is 7.35. The topological polar surface area (TPSA) is 75.4 Å². The molecule has 1 saturated heterocycles. The Labute approximate surface area is 168 Å². The Hall–Kier alpha value is -3.74. The molecule has 0 bridgehead atoms. The largest absolute Gasteiger partial charge is 0.353 e. The van der Waals surface area contributed by atoms with Gasteiger partial charge in [0.15, 0.2) is 5.82 Å². The lowest BCUT2D eigenvalue weighted by Gasteiger charge is -2.18. The van der Waals surface area contributed by atoms with Gasteiger partial charge in [-0.05, 0) is 24.6 Å². The fraction of sp³-hybridized carbons (Fsp3) is 0.182. The van der Waals surface area contributed by atoms with Gasteiger partial charge >= 0.3 is 0 Å². The number of amides is 1. The van der Waals surface area contributed by atoms with Crippen LogP contribution < -0.4 is 10.2 Å². The second-order valence-corrected chi connectivity index (χ2v) is 7.12. The smallest absolute Gasteiger partial charge is 0.253 e. The summed E-state index contributed by atoms with van der Waals surface area (Å²) in [5.74, 6) is 0.798. The minimum atomic E-state index is -0.0909. The van der Waals surface area contributed by atoms with E-state index in [9.17, 15) is 4.79 Å². The van der Waals surface area contributed by atoms with Crippen molar-refractivity contribution < 1.29 is 4.79 Å². The summed E-state index contributed by atoms with van der Waals surface area (Å²) in [6.07, 6.45) is 7.75. The molecule has 0 saturated carbocycles. The van der Waals surface area contributed by atoms with Crippen LogP contribution in [0.3, 0.4) is 0 Å². The van der Waals surface area contributed by atoms with Gasteiger partial charge in [0, 0.05) is 49.5 Å². The molecule has 0 unspecified atom stereocenters. The molecule has 7 nitrogen and oxygen atoms in total. The molecule has 7 heteroatoms. The van der Waals surface area contributed by atoms with Gasteiger partial charge in [-0.25, -0.2) is 9.50 Å². The van der Waals surface area contributed by atoms with E-state index in [0.29, 0.717) is 12.1 Å². The van der Waals surface area contributed by atoms with Crippen LogP contribution in [0.5, 0.6) is 0 Å². The molecule has 3 aromatic heterocycles. The van der Waals surface area contributed by atoms with Crippen molar-refractivity contribution in [2.24, 2.45) is 0 Å². The van der Waals surface area contributed by atoms with Crippen LogP contribution in [0.4, 0.5) is 5.82 Å². The van der Waals surface area contributed by atoms with Crippen molar-refractivity contribution in [1.29, 1.82) is 0 Å². The maximum atomic E-state index is 12.4. The van der Waals surface area contributed by atoms with E-state index < -0.39 is 0 Å². The summed E-state index contributed by atoms with van der Waals surface area (Å²) in [6.45, 7) is 1.54. The van der Waals surface area contributed by atoms with Crippen LogP contribution in [0, 0.1) is 0 Å². The number of pyridine rings is 1. The van der Waals surface area contributed by atoms with Gasteiger partial charge < -0.3 is 10.2 Å². The van der Waals surface area contributed by atoms with Gasteiger partial charge in [-0.1, -0.05) is 30.3 Å². The number of carbonyl (C=O) groups excluding carboxylic acids is 1. The van der Waals surface area contributed by atoms with E-state index in [0.717, 1.165) is 35.6 Å². The molecule has 1 N–H and O–H groups in total. The van der Waals surface area contributed by atoms with Gasteiger partial charge in [0.25, 0.3) is 5.91 Å². The monoisotopic (exact) mass is 384 g/mol. The molecule has 1 amide bonds. The molecule has 4 heterocycles. The molecule has 1 aliphatic rings. The molecule has 0 aliphatic carbocycles. The molecular weight excluding hydrogens is 364 g/mol. The lowest BCUT2D eigenvalue weighted by molar-refractivity contribution is 0.0940. The number of nitrogens with zero attached hydrogens (tertiary/aromatic N) is 5. The molecule has 1 aliphatic heterocycles. The minimum absolute atomic E-state index is 0.0706. The highest BCUT2D eigenvalue weighted by molar-refractivity contribution is 5.94. The third-order valence-electron chi connectivity index (χ3n) is 5.19. The Morgan fingerprint density at radius 3 is 2.83 bits per heavy atom. The third-order valence-corrected chi connectivity index (χ3v) is 5.19. The number of aromatic nitrogens is 4. The van der Waals surface area contributed by atoms with Gasteiger partial charge in [-0.15, -0.1) is 0 Å². The normalized spacial score (nSPS) is 16.3. The maximum absolute atomic E-state index is 12.4. The van der Waals surface area contributed by atoms with Gasteiger partial charge in [0.2, 0.25) is 0 Å². The van der Waals surface area contributed by atoms with Crippen molar-refractivity contribution in [3.63, 3.8) is 0 Å². The number of hydrogen-bond acceptors (Lipinski definition) is 5. The summed E-state index contributed by atoms with van der Waals surface area (Å²) in [5.41, 5.74) is 3.53. The molecule has 1 aromatic carbocycles. The number of fused-ring (bicyclic) bond motifs is 1. The summed E-state index contributed by atoms with van der Waals surface area (Å²) in [7, 11) is 0. The van der Waals surface area contributed by atoms with E-state index in [1.165, 1.54) is 0 Å². The predicted molar refractivity (Wildman–Crippen MR) is 111 cm³/mol. The second-order valence-electron chi connectivity index (χ2n) is 7.12. The first kappa shape index (κ1) is 17.4. The maximum Gasteiger partial charge on any atom is 0.253 e. The van der Waals surface area contributed by atoms with Crippen LogP contribution >= 0.6 is 0 Å². The number of nitrogens with one attached hydrogen (secondary N) is 1. The molecule has 29 heavy (non-hydrogen) atoms. The Bertz CT molecular complexity index is 1140. The van der Waals surface area contributed by atoms with Crippen molar-refractivity contribution >= 4 is 17.2 Å². The number of hydrogen-bond donors (Lipinski definition) is 1. The molecule has 4 aromatic rings. The summed E-state index contributed by atoms with van der Waals surface area (Å²) < 4.78 is 1.87. The zero-order valence-corrected chi connectivity index (χ0v) is 15.8. The zero-order chi connectivity index (χ0) is 19.6. The van der Waals surface area contributed by atoms with Gasteiger partial charge in [0.1, 0.15) is 5.52 Å². The molecule has 1 atom stereocenters. The minimum Gasteiger partial charge on any atom is -0.353 e. The average molecular weight is 384 g/mol. The van der Waals surface area contributed by atoms with E-state index in [-0.39, 0.29) is 11.9 Å². The Balaban J connectivity index is 1.36. The first-order chi connectivity index (χ1) is 14.3. The molecule has 0 radical (unpaired) electrons. The molecule has 1 fully saturated rings. The van der Waals surface area contributed by atoms with Crippen LogP contribution in [0.2, 0.25) is 0 Å². The number of rotatable bonds is 4. The molecule has 0 spiro atoms. The SMILES string of the molecule is O=C(N[C@H]1CCN(c2nccn3nc(-c4ccccc4)cc23)C1)c1cccnc1. The number of benzene rings is 1. The first-order valence-electron chi connectivity index (χ1n) is 9.63. The lowest BCUT2D eigenvalue weighted by atomic mass is 10.1. The van der Waals surface area contributed by atoms with E-state index >= 15 is 0 Å². The van der Waals surface area contributed by atoms with Crippen molar-refractivity contribution in [3.05, 3.63) is 78.9 Å². The third kappa shape index (κ3) is 3.42. The van der Waals surface area contributed by atoms with Crippen molar-refractivity contribution in [2.45, 2.75) is 12.5 Å². The zero-order valence-electron chi connectivity index (χ0n) is 15.8. The summed E-state index contributed by atoms with van der Waals surface area (Å²) in [5, 5.41) is 7.80. The molecule has 144 valence electrons. The highest BCUT2D eigenvalue weighted by Crippen LogP contribution is 2.27. The van der Waals surface area contributed by atoms with E-state index in [4.69, 9.17) is 5.10 Å². The van der Waals surface area contributed by atoms with Crippen LogP contribution in [-0.4, -0.2) is 44.6 Å². The Morgan fingerprint density at radius 1 is 1.10 bits per heavy atom. The quantitative estimate of drug-likeness (QED) is 0.586. The summed E-state index contributed by atoms with van der Waals surface area (Å²) >= 11 is 0. The van der Waals surface area contributed by atoms with Crippen molar-refractivity contribution in [2.75, 3.05) is 18.0 Å². The average Bonchev–Trinajstić information content (AvgIpc) is 3.42. The predicted octanol–water partition coefficient (Wildman–Crippen LogP) is 2.80. The molecule has 5 rings (SSSR count). The number of anilines is 1. The summed E-state index contributed by atoms with van der Waals surface area (Å²) in [6, 6.07) is 15.8. The van der Waals surface area contributed by atoms with Crippen LogP contribution in [0.15, 0.2) is 73.3 Å². The van der Waals surface area contributed by atoms with Crippen LogP contribution in [0.25, 0.3) is 16.8 Å². The van der Waals surface area contributed by atoms with Crippen molar-refractivity contribution in [1.82, 2.24) is 24.9 Å². The van der Waals surface area contributed by atoms with Crippen LogP contribution in [0.1, 0.15) is 16.8 Å². The van der Waals surface area contributed by atoms with E-state index in [1.54, 1.807) is 30.7 Å². The van der Waals surface area contributed by atoms with Gasteiger partial charge in [0.05, 0.1) is 11.3 Å². The van der Waals surface area contributed by atoms with Gasteiger partial charge in [-0.3, -0.25) is 9.78 Å². The summed E-state index contributed by atoms with van der Waals surface area (Å²) in [4.78, 5) is 23.2. The van der Waals surface area contributed by atoms with Crippen molar-refractivity contribution in [3.8, 4) is 11.3 Å². The Kier molecular flexibility index (Phi) is 4.40. The fourth-order valence-corrected chi connectivity index (χ4v) is 3.74. The van der Waals surface area contributed by atoms with Gasteiger partial charge in [-0.2, -0.15) is 5.10 Å². The first-order valence-corrected chi connectivity index (χ1v) is 9.63. The van der Waals surface area contributed by atoms with E-state index in [2.05, 4.69) is 38.4 Å². The lowest BCUT2D eigenvalue weighted by Crippen LogP contribution is -2.37. The fourth-order valence-electron chi connectivity index (χ4n) is 3.74. The highest BCUT2D eigenvalue weighted by atomic mass is 16.1. The van der Waals surface area contributed by atoms with E-state index in [1.807, 2.05) is 28.9 Å². The standard InChI is InChI=1S/C22H20N6O/c29-22(17-7-4-9-23-14-17)25-18-8-11-27(15-18)21-20-13-19(16-5-2-1-3-6-16)26-28(20)12-10-24-21/h1-7,9-10,12-14,18H,8,11,15H2,(H,25,29)/t18-/m0/s1. The highest BCUT2D eigenvalue weighted by Gasteiger charge is 2.27. The van der Waals surface area contributed by atoms with Crippen LogP contribution in [-0.2, 0) is 0 Å².